The van der Waals surface area contributed by atoms with Crippen molar-refractivity contribution in [2.75, 3.05) is 0 Å². The fourth-order valence-corrected chi connectivity index (χ4v) is 13.0. The van der Waals surface area contributed by atoms with E-state index in [2.05, 4.69) is 174 Å². The molecule has 61 heavy (non-hydrogen) atoms. The number of ketones is 1. The Bertz CT molecular complexity index is 3960. The second-order valence-electron chi connectivity index (χ2n) is 17.5. The van der Waals surface area contributed by atoms with Gasteiger partial charge in [-0.2, -0.15) is 0 Å². The van der Waals surface area contributed by atoms with Gasteiger partial charge in [-0.25, -0.2) is 0 Å². The molecule has 12 aromatic rings. The molecule has 0 aliphatic heterocycles. The van der Waals surface area contributed by atoms with Crippen LogP contribution in [0, 0.1) is 0 Å². The molecule has 5 aliphatic carbocycles. The van der Waals surface area contributed by atoms with Crippen molar-refractivity contribution in [1.82, 2.24) is 9.38 Å². The number of aromatic nitrogens is 2. The van der Waals surface area contributed by atoms with Crippen molar-refractivity contribution < 1.29 is 9.21 Å². The van der Waals surface area contributed by atoms with Gasteiger partial charge in [0.25, 0.3) is 0 Å². The third-order valence-electron chi connectivity index (χ3n) is 15.1. The minimum absolute atomic E-state index is 0.0488. The molecule has 0 N–H and O–H groups in total. The Labute approximate surface area is 348 Å². The van der Waals surface area contributed by atoms with Crippen molar-refractivity contribution in [2.45, 2.75) is 17.3 Å². The number of carbonyl (C=O) groups is 1. The van der Waals surface area contributed by atoms with Gasteiger partial charge in [0.2, 0.25) is 0 Å². The average Bonchev–Trinajstić information content (AvgIpc) is 4.07. The first-order valence-electron chi connectivity index (χ1n) is 21.2. The fourth-order valence-electron chi connectivity index (χ4n) is 13.0. The van der Waals surface area contributed by atoms with Gasteiger partial charge in [0.15, 0.2) is 5.78 Å². The third kappa shape index (κ3) is 3.31. The van der Waals surface area contributed by atoms with Crippen LogP contribution >= 0.6 is 0 Å². The Morgan fingerprint density at radius 3 is 1.77 bits per heavy atom. The van der Waals surface area contributed by atoms with E-state index in [0.717, 1.165) is 77.2 Å². The summed E-state index contributed by atoms with van der Waals surface area (Å²) in [5, 5.41) is 6.80. The molecule has 280 valence electrons. The molecule has 4 heterocycles. The molecule has 17 rings (SSSR count). The van der Waals surface area contributed by atoms with Crippen molar-refractivity contribution in [3.05, 3.63) is 226 Å². The van der Waals surface area contributed by atoms with Gasteiger partial charge in [0.05, 0.1) is 39.8 Å². The van der Waals surface area contributed by atoms with Gasteiger partial charge >= 0.3 is 0 Å². The van der Waals surface area contributed by atoms with Crippen molar-refractivity contribution in [3.8, 4) is 22.3 Å². The van der Waals surface area contributed by atoms with E-state index in [1.54, 1.807) is 0 Å². The highest BCUT2D eigenvalue weighted by Crippen LogP contribution is 2.64. The van der Waals surface area contributed by atoms with Gasteiger partial charge in [-0.05, 0) is 85.5 Å². The van der Waals surface area contributed by atoms with Gasteiger partial charge in [0.1, 0.15) is 11.2 Å². The molecule has 5 aliphatic rings. The standard InChI is InChI=1S/C57H30N2O2/c60-55-40-26-44-37(25-38(40)48-31-15-1-3-17-33(31)49(55)34-18-4-2-16-32(34)48)39-27-47-50(36-20-8-12-24-46(36)61-47)53-52-45(59(44)54(39)53)28-58-56-51(52)35-19-7-11-23-43(35)57(56)41-21-9-5-13-29(41)30-14-6-10-22-42(30)57/h1-28,48-49H. The number of fused-ring (bicyclic) bond motifs is 21. The number of hydrogen-bond acceptors (Lipinski definition) is 3. The van der Waals surface area contributed by atoms with Crippen LogP contribution in [-0.4, -0.2) is 15.2 Å². The lowest BCUT2D eigenvalue weighted by Crippen LogP contribution is -2.26. The zero-order chi connectivity index (χ0) is 39.5. The molecule has 0 radical (unpaired) electrons. The topological polar surface area (TPSA) is 47.5 Å². The third-order valence-corrected chi connectivity index (χ3v) is 15.1. The summed E-state index contributed by atoms with van der Waals surface area (Å²) in [7, 11) is 0. The summed E-state index contributed by atoms with van der Waals surface area (Å²) in [4.78, 5) is 20.9. The Morgan fingerprint density at radius 1 is 0.475 bits per heavy atom. The van der Waals surface area contributed by atoms with Crippen LogP contribution in [0.2, 0.25) is 0 Å². The maximum atomic E-state index is 15.2. The summed E-state index contributed by atoms with van der Waals surface area (Å²) in [6, 6.07) is 59.2. The van der Waals surface area contributed by atoms with Gasteiger partial charge < -0.3 is 8.82 Å². The highest BCUT2D eigenvalue weighted by molar-refractivity contribution is 6.37. The van der Waals surface area contributed by atoms with Crippen LogP contribution in [-0.2, 0) is 5.41 Å². The van der Waals surface area contributed by atoms with Crippen molar-refractivity contribution in [3.63, 3.8) is 0 Å². The first kappa shape index (κ1) is 31.1. The number of nitrogens with zero attached hydrogens (tertiary/aromatic N) is 2. The highest BCUT2D eigenvalue weighted by atomic mass is 16.3. The molecule has 4 heteroatoms. The SMILES string of the molecule is O=C1c2cc3c(cc2C2c4ccccc4C1c1ccccc12)c1cc2oc4ccccc4c2c2c4c5c(ncc4n3c12)C1(c2ccccc2-c2ccccc21)c1ccccc1-5. The number of hydrogen-bond donors (Lipinski definition) is 0. The molecule has 4 nitrogen and oxygen atoms in total. The van der Waals surface area contributed by atoms with Crippen LogP contribution in [0.5, 0.6) is 0 Å². The number of Topliss-reactive ketones (excluding diaryl/α,β-unsaturated/α-hetero) is 1. The Morgan fingerprint density at radius 2 is 1.07 bits per heavy atom. The van der Waals surface area contributed by atoms with Gasteiger partial charge in [-0.1, -0.05) is 140 Å². The molecule has 1 spiro atoms. The molecule has 0 atom stereocenters. The second-order valence-corrected chi connectivity index (χ2v) is 17.5. The molecule has 0 unspecified atom stereocenters. The van der Waals surface area contributed by atoms with Crippen LogP contribution in [0.1, 0.15) is 72.4 Å². The summed E-state index contributed by atoms with van der Waals surface area (Å²) in [5.74, 6) is -0.237. The molecular formula is C57H30N2O2. The summed E-state index contributed by atoms with van der Waals surface area (Å²) < 4.78 is 9.27. The number of benzene rings is 8. The molecular weight excluding hydrogens is 745 g/mol. The van der Waals surface area contributed by atoms with Crippen LogP contribution < -0.4 is 0 Å². The zero-order valence-electron chi connectivity index (χ0n) is 32.5. The number of rotatable bonds is 0. The Hall–Kier alpha value is -7.82. The predicted octanol–water partition coefficient (Wildman–Crippen LogP) is 13.3. The number of furan rings is 1. The Balaban J connectivity index is 1.11. The first-order chi connectivity index (χ1) is 30.2. The quantitative estimate of drug-likeness (QED) is 0.154. The van der Waals surface area contributed by atoms with Crippen molar-refractivity contribution in [1.29, 1.82) is 0 Å². The smallest absolute Gasteiger partial charge is 0.175 e. The average molecular weight is 775 g/mol. The minimum atomic E-state index is -0.577. The Kier molecular flexibility index (Phi) is 5.26. The van der Waals surface area contributed by atoms with Crippen molar-refractivity contribution >= 4 is 65.8 Å². The van der Waals surface area contributed by atoms with E-state index in [1.165, 1.54) is 60.8 Å². The summed E-state index contributed by atoms with van der Waals surface area (Å²) >= 11 is 0. The largest absolute Gasteiger partial charge is 0.456 e. The van der Waals surface area contributed by atoms with Crippen LogP contribution in [0.3, 0.4) is 0 Å². The number of pyridine rings is 1. The van der Waals surface area contributed by atoms with Crippen LogP contribution in [0.15, 0.2) is 174 Å². The summed E-state index contributed by atoms with van der Waals surface area (Å²) in [6.45, 7) is 0. The van der Waals surface area contributed by atoms with Gasteiger partial charge in [0, 0.05) is 49.4 Å². The van der Waals surface area contributed by atoms with E-state index in [1.807, 2.05) is 0 Å². The maximum absolute atomic E-state index is 15.2. The second kappa shape index (κ2) is 10.3. The van der Waals surface area contributed by atoms with Gasteiger partial charge in [-0.3, -0.25) is 9.78 Å². The molecule has 0 fully saturated rings. The minimum Gasteiger partial charge on any atom is -0.456 e. The van der Waals surface area contributed by atoms with Crippen molar-refractivity contribution in [2.24, 2.45) is 0 Å². The van der Waals surface area contributed by atoms with Gasteiger partial charge in [-0.15, -0.1) is 0 Å². The molecule has 0 amide bonds. The molecule has 0 saturated carbocycles. The monoisotopic (exact) mass is 774 g/mol. The summed E-state index contributed by atoms with van der Waals surface area (Å²) in [5.41, 5.74) is 20.7. The van der Waals surface area contributed by atoms with E-state index in [9.17, 15) is 0 Å². The van der Waals surface area contributed by atoms with E-state index in [0.29, 0.717) is 0 Å². The fraction of sp³-hybridized carbons (Fsp3) is 0.0526. The van der Waals surface area contributed by atoms with E-state index >= 15 is 4.79 Å². The van der Waals surface area contributed by atoms with E-state index in [4.69, 9.17) is 9.40 Å². The van der Waals surface area contributed by atoms with E-state index < -0.39 is 5.41 Å². The number of para-hydroxylation sites is 1. The van der Waals surface area contributed by atoms with Crippen LogP contribution in [0.4, 0.5) is 0 Å². The maximum Gasteiger partial charge on any atom is 0.175 e. The molecule has 2 bridgehead atoms. The molecule has 0 saturated heterocycles. The lowest BCUT2D eigenvalue weighted by Gasteiger charge is -2.30. The normalized spacial score (nSPS) is 17.3. The lowest BCUT2D eigenvalue weighted by molar-refractivity contribution is 0.0974. The molecule has 4 aromatic heterocycles. The van der Waals surface area contributed by atoms with Crippen LogP contribution in [0.25, 0.3) is 82.3 Å². The number of carbonyl (C=O) groups excluding carboxylic acids is 1. The first-order valence-corrected chi connectivity index (χ1v) is 21.2. The van der Waals surface area contributed by atoms with E-state index in [-0.39, 0.29) is 17.6 Å². The zero-order valence-corrected chi connectivity index (χ0v) is 32.5. The highest BCUT2D eigenvalue weighted by Gasteiger charge is 2.53. The lowest BCUT2D eigenvalue weighted by atomic mass is 9.72. The molecule has 8 aromatic carbocycles. The summed E-state index contributed by atoms with van der Waals surface area (Å²) in [6.07, 6.45) is 2.13. The predicted molar refractivity (Wildman–Crippen MR) is 242 cm³/mol.